The molecule has 0 radical (unpaired) electrons. The first kappa shape index (κ1) is 32.9. The summed E-state index contributed by atoms with van der Waals surface area (Å²) in [6.45, 7) is 4.28. The lowest BCUT2D eigenvalue weighted by molar-refractivity contribution is -0.130. The second-order valence-electron chi connectivity index (χ2n) is 13.9. The minimum atomic E-state index is -0.869. The summed E-state index contributed by atoms with van der Waals surface area (Å²) in [6.07, 6.45) is 9.81. The van der Waals surface area contributed by atoms with Gasteiger partial charge in [0.25, 0.3) is 11.8 Å². The molecule has 0 unspecified atom stereocenters. The summed E-state index contributed by atoms with van der Waals surface area (Å²) in [6, 6.07) is 13.9. The molecule has 4 aliphatic rings. The molecule has 3 saturated heterocycles. The summed E-state index contributed by atoms with van der Waals surface area (Å²) < 4.78 is 0. The smallest absolute Gasteiger partial charge is 0.253 e. The lowest BCUT2D eigenvalue weighted by Gasteiger charge is -2.35. The Morgan fingerprint density at radius 3 is 1.96 bits per heavy atom. The SMILES string of the molecule is N#C[C@@H]1CCCN1C(=O)CNCCC1(c2nn[nH]n2)c2ccc(C(=O)N3CCCCC3)cc2CCc2cc(C(=O)N3CCCCC3)ccc21. The third kappa shape index (κ3) is 6.44. The van der Waals surface area contributed by atoms with Gasteiger partial charge >= 0.3 is 0 Å². The third-order valence-electron chi connectivity index (χ3n) is 11.0. The quantitative estimate of drug-likeness (QED) is 0.348. The lowest BCUT2D eigenvalue weighted by Crippen LogP contribution is -2.42. The number of benzene rings is 2. The van der Waals surface area contributed by atoms with Crippen LogP contribution in [0.5, 0.6) is 0 Å². The van der Waals surface area contributed by atoms with E-state index in [1.165, 1.54) is 0 Å². The number of likely N-dealkylation sites (tertiary alicyclic amines) is 3. The number of carbonyl (C=O) groups excluding carboxylic acids is 3. The van der Waals surface area contributed by atoms with Crippen LogP contribution >= 0.6 is 0 Å². The Labute approximate surface area is 287 Å². The van der Waals surface area contributed by atoms with Crippen LogP contribution in [0.15, 0.2) is 36.4 Å². The van der Waals surface area contributed by atoms with E-state index in [4.69, 9.17) is 0 Å². The van der Waals surface area contributed by atoms with Crippen molar-refractivity contribution in [2.45, 2.75) is 82.1 Å². The lowest BCUT2D eigenvalue weighted by atomic mass is 9.69. The molecule has 3 aromatic rings. The van der Waals surface area contributed by atoms with Crippen LogP contribution in [0.1, 0.15) is 107 Å². The van der Waals surface area contributed by atoms with E-state index in [0.29, 0.717) is 55.7 Å². The maximum Gasteiger partial charge on any atom is 0.253 e. The summed E-state index contributed by atoms with van der Waals surface area (Å²) in [4.78, 5) is 46.0. The minimum absolute atomic E-state index is 0.0570. The van der Waals surface area contributed by atoms with Crippen LogP contribution in [0.2, 0.25) is 0 Å². The number of aryl methyl sites for hydroxylation is 2. The van der Waals surface area contributed by atoms with Crippen molar-refractivity contribution >= 4 is 17.7 Å². The number of amides is 3. The standard InChI is InChI=1S/C37H45N9O3/c38-24-30-8-7-21-46(30)33(47)25-39-16-15-37(36-40-42-43-41-36)31-13-11-28(34(48)44-17-3-1-4-18-44)22-26(31)9-10-27-23-29(12-14-32(27)37)35(49)45-19-5-2-6-20-45/h11-14,22-23,30,39H,1-10,15-21,25H2,(H,40,41,42,43)/t30-/m0/s1. The number of aromatic amines is 1. The second-order valence-corrected chi connectivity index (χ2v) is 13.9. The van der Waals surface area contributed by atoms with E-state index in [2.05, 4.69) is 44.1 Å². The molecule has 3 fully saturated rings. The number of hydrogen-bond donors (Lipinski definition) is 2. The molecule has 49 heavy (non-hydrogen) atoms. The van der Waals surface area contributed by atoms with Crippen LogP contribution in [-0.2, 0) is 23.1 Å². The van der Waals surface area contributed by atoms with Gasteiger partial charge in [-0.2, -0.15) is 10.5 Å². The van der Waals surface area contributed by atoms with Crippen LogP contribution < -0.4 is 5.32 Å². The van der Waals surface area contributed by atoms with Crippen LogP contribution in [0.3, 0.4) is 0 Å². The topological polar surface area (TPSA) is 151 Å². The van der Waals surface area contributed by atoms with Crippen molar-refractivity contribution in [2.24, 2.45) is 0 Å². The number of H-pyrrole nitrogens is 1. The van der Waals surface area contributed by atoms with E-state index < -0.39 is 5.41 Å². The van der Waals surface area contributed by atoms with Gasteiger partial charge in [0.15, 0.2) is 5.82 Å². The molecule has 0 bridgehead atoms. The minimum Gasteiger partial charge on any atom is -0.339 e. The molecule has 0 saturated carbocycles. The highest BCUT2D eigenvalue weighted by Gasteiger charge is 2.45. The second kappa shape index (κ2) is 14.5. The molecule has 12 nitrogen and oxygen atoms in total. The highest BCUT2D eigenvalue weighted by atomic mass is 16.2. The Bertz CT molecular complexity index is 1640. The van der Waals surface area contributed by atoms with Gasteiger partial charge in [0, 0.05) is 43.9 Å². The van der Waals surface area contributed by atoms with Crippen molar-refractivity contribution in [3.05, 3.63) is 75.6 Å². The summed E-state index contributed by atoms with van der Waals surface area (Å²) in [7, 11) is 0. The molecule has 3 amide bonds. The summed E-state index contributed by atoms with van der Waals surface area (Å²) in [5.41, 5.74) is 4.56. The summed E-state index contributed by atoms with van der Waals surface area (Å²) >= 11 is 0. The number of nitrogens with zero attached hydrogens (tertiary/aromatic N) is 7. The average molecular weight is 664 g/mol. The molecule has 1 aliphatic carbocycles. The number of aromatic nitrogens is 4. The van der Waals surface area contributed by atoms with Crippen LogP contribution in [0.4, 0.5) is 0 Å². The molecule has 12 heteroatoms. The summed E-state index contributed by atoms with van der Waals surface area (Å²) in [5.74, 6) is 0.531. The van der Waals surface area contributed by atoms with Gasteiger partial charge in [0.2, 0.25) is 5.91 Å². The van der Waals surface area contributed by atoms with Gasteiger partial charge in [0.1, 0.15) is 6.04 Å². The number of tetrazole rings is 1. The van der Waals surface area contributed by atoms with Gasteiger partial charge in [-0.1, -0.05) is 17.3 Å². The monoisotopic (exact) mass is 663 g/mol. The number of nitriles is 1. The first-order valence-electron chi connectivity index (χ1n) is 18.0. The van der Waals surface area contributed by atoms with Crippen molar-refractivity contribution in [3.8, 4) is 6.07 Å². The zero-order valence-electron chi connectivity index (χ0n) is 28.1. The number of fused-ring (bicyclic) bond motifs is 2. The average Bonchev–Trinajstić information content (AvgIpc) is 3.86. The van der Waals surface area contributed by atoms with Crippen LogP contribution in [-0.4, -0.2) is 105 Å². The Morgan fingerprint density at radius 2 is 1.43 bits per heavy atom. The highest BCUT2D eigenvalue weighted by Crippen LogP contribution is 2.46. The Hall–Kier alpha value is -4.63. The molecule has 0 spiro atoms. The van der Waals surface area contributed by atoms with Gasteiger partial charge in [0.05, 0.1) is 18.0 Å². The van der Waals surface area contributed by atoms with E-state index in [1.54, 1.807) is 4.90 Å². The van der Waals surface area contributed by atoms with Crippen molar-refractivity contribution in [1.82, 2.24) is 40.6 Å². The van der Waals surface area contributed by atoms with E-state index in [0.717, 1.165) is 93.4 Å². The van der Waals surface area contributed by atoms with Crippen molar-refractivity contribution in [2.75, 3.05) is 45.8 Å². The molecule has 2 N–H and O–H groups in total. The molecule has 256 valence electrons. The highest BCUT2D eigenvalue weighted by molar-refractivity contribution is 5.95. The molecule has 1 aromatic heterocycles. The predicted molar refractivity (Wildman–Crippen MR) is 182 cm³/mol. The third-order valence-corrected chi connectivity index (χ3v) is 11.0. The Kier molecular flexibility index (Phi) is 9.71. The van der Waals surface area contributed by atoms with Crippen LogP contribution in [0, 0.1) is 11.3 Å². The van der Waals surface area contributed by atoms with E-state index >= 15 is 0 Å². The van der Waals surface area contributed by atoms with Gasteiger partial charge in [-0.3, -0.25) is 14.4 Å². The van der Waals surface area contributed by atoms with Gasteiger partial charge in [-0.05, 0) is 124 Å². The normalized spacial score (nSPS) is 20.2. The number of rotatable bonds is 8. The number of carbonyl (C=O) groups is 3. The zero-order valence-corrected chi connectivity index (χ0v) is 28.1. The van der Waals surface area contributed by atoms with E-state index in [9.17, 15) is 19.6 Å². The van der Waals surface area contributed by atoms with Crippen molar-refractivity contribution in [3.63, 3.8) is 0 Å². The molecule has 3 aliphatic heterocycles. The van der Waals surface area contributed by atoms with Crippen molar-refractivity contribution in [1.29, 1.82) is 5.26 Å². The Morgan fingerprint density at radius 1 is 0.837 bits per heavy atom. The fourth-order valence-electron chi connectivity index (χ4n) is 8.41. The van der Waals surface area contributed by atoms with Crippen molar-refractivity contribution < 1.29 is 14.4 Å². The molecule has 7 rings (SSSR count). The molecule has 2 aromatic carbocycles. The molecular weight excluding hydrogens is 618 g/mol. The maximum absolute atomic E-state index is 13.7. The van der Waals surface area contributed by atoms with E-state index in [-0.39, 0.29) is 30.3 Å². The first-order chi connectivity index (χ1) is 24.0. The molecule has 1 atom stereocenters. The molecular formula is C37H45N9O3. The van der Waals surface area contributed by atoms with Crippen LogP contribution in [0.25, 0.3) is 0 Å². The van der Waals surface area contributed by atoms with Gasteiger partial charge in [-0.25, -0.2) is 0 Å². The fourth-order valence-corrected chi connectivity index (χ4v) is 8.41. The maximum atomic E-state index is 13.7. The number of hydrogen-bond acceptors (Lipinski definition) is 8. The zero-order chi connectivity index (χ0) is 33.8. The fraction of sp³-hybridized carbons (Fsp3) is 0.541. The predicted octanol–water partition coefficient (Wildman–Crippen LogP) is 3.38. The number of piperidine rings is 2. The largest absolute Gasteiger partial charge is 0.339 e. The summed E-state index contributed by atoms with van der Waals surface area (Å²) in [5, 5.41) is 28.7. The van der Waals surface area contributed by atoms with E-state index in [1.807, 2.05) is 34.1 Å². The van der Waals surface area contributed by atoms with Gasteiger partial charge in [-0.15, -0.1) is 10.2 Å². The Balaban J connectivity index is 1.25. The first-order valence-corrected chi connectivity index (χ1v) is 18.0. The molecule has 4 heterocycles. The number of nitrogens with one attached hydrogen (secondary N) is 2. The van der Waals surface area contributed by atoms with Gasteiger partial charge < -0.3 is 20.0 Å².